The molecule has 1 aliphatic rings. The van der Waals surface area contributed by atoms with Gasteiger partial charge in [-0.1, -0.05) is 12.1 Å². The Morgan fingerprint density at radius 1 is 1.15 bits per heavy atom. The van der Waals surface area contributed by atoms with Crippen LogP contribution in [-0.2, 0) is 20.7 Å². The lowest BCUT2D eigenvalue weighted by Crippen LogP contribution is -2.18. The van der Waals surface area contributed by atoms with Crippen molar-refractivity contribution >= 4 is 11.7 Å². The van der Waals surface area contributed by atoms with E-state index in [0.29, 0.717) is 6.61 Å². The number of methoxy groups -OCH3 is 2. The molecule has 108 valence electrons. The van der Waals surface area contributed by atoms with Gasteiger partial charge >= 0.3 is 5.97 Å². The number of carbonyl (C=O) groups excluding carboxylic acids is 1. The van der Waals surface area contributed by atoms with Crippen molar-refractivity contribution in [1.29, 1.82) is 0 Å². The van der Waals surface area contributed by atoms with Gasteiger partial charge < -0.3 is 14.2 Å². The number of hydrogen-bond acceptors (Lipinski definition) is 5. The average Bonchev–Trinajstić information content (AvgIpc) is 3.25. The minimum absolute atomic E-state index is 0.271. The number of esters is 1. The molecular weight excluding hydrogens is 258 g/mol. The van der Waals surface area contributed by atoms with Crippen LogP contribution >= 0.6 is 0 Å². The Kier molecular flexibility index (Phi) is 5.12. The molecule has 2 rings (SSSR count). The van der Waals surface area contributed by atoms with E-state index >= 15 is 0 Å². The standard InChI is InChI=1S/C15H19NO4/c1-18-9-10-20-15(17)14-13(16-14)8-5-11-3-6-12(19-2)7-4-11/h3-4,6-7,14H,5,8-10H2,1-2H3. The molecule has 5 nitrogen and oxygen atoms in total. The van der Waals surface area contributed by atoms with E-state index in [-0.39, 0.29) is 18.6 Å². The summed E-state index contributed by atoms with van der Waals surface area (Å²) in [6, 6.07) is 7.55. The smallest absolute Gasteiger partial charge is 0.336 e. The first-order valence-corrected chi connectivity index (χ1v) is 6.59. The molecule has 0 N–H and O–H groups in total. The van der Waals surface area contributed by atoms with Gasteiger partial charge in [0.1, 0.15) is 12.4 Å². The lowest BCUT2D eigenvalue weighted by atomic mass is 10.1. The molecule has 0 radical (unpaired) electrons. The second-order valence-electron chi connectivity index (χ2n) is 4.53. The van der Waals surface area contributed by atoms with Crippen molar-refractivity contribution in [1.82, 2.24) is 0 Å². The summed E-state index contributed by atoms with van der Waals surface area (Å²) in [5.41, 5.74) is 2.12. The van der Waals surface area contributed by atoms with Gasteiger partial charge in [0.05, 0.1) is 19.4 Å². The van der Waals surface area contributed by atoms with Crippen LogP contribution in [0.5, 0.6) is 5.75 Å². The quantitative estimate of drug-likeness (QED) is 0.535. The average molecular weight is 277 g/mol. The predicted octanol–water partition coefficient (Wildman–Crippen LogP) is 1.64. The molecule has 5 heteroatoms. The molecule has 0 aliphatic carbocycles. The second kappa shape index (κ2) is 7.05. The van der Waals surface area contributed by atoms with E-state index in [4.69, 9.17) is 14.2 Å². The molecule has 1 aliphatic heterocycles. The highest BCUT2D eigenvalue weighted by molar-refractivity contribution is 6.16. The minimum Gasteiger partial charge on any atom is -0.497 e. The number of aliphatic imine (C=N–C) groups is 1. The van der Waals surface area contributed by atoms with Crippen molar-refractivity contribution in [3.63, 3.8) is 0 Å². The topological polar surface area (TPSA) is 57.1 Å². The molecule has 0 aromatic heterocycles. The third kappa shape index (κ3) is 4.06. The molecule has 1 unspecified atom stereocenters. The van der Waals surface area contributed by atoms with Crippen LogP contribution in [0.15, 0.2) is 29.3 Å². The number of benzene rings is 1. The lowest BCUT2D eigenvalue weighted by molar-refractivity contribution is -0.143. The van der Waals surface area contributed by atoms with Crippen LogP contribution in [0.1, 0.15) is 12.0 Å². The molecular formula is C15H19NO4. The largest absolute Gasteiger partial charge is 0.497 e. The highest BCUT2D eigenvalue weighted by atomic mass is 16.6. The zero-order valence-electron chi connectivity index (χ0n) is 11.8. The third-order valence-corrected chi connectivity index (χ3v) is 3.13. The van der Waals surface area contributed by atoms with Crippen LogP contribution in [-0.4, -0.2) is 45.2 Å². The van der Waals surface area contributed by atoms with Gasteiger partial charge in [0.2, 0.25) is 0 Å². The van der Waals surface area contributed by atoms with E-state index in [9.17, 15) is 4.79 Å². The highest BCUT2D eigenvalue weighted by Gasteiger charge is 2.35. The zero-order valence-corrected chi connectivity index (χ0v) is 11.8. The van der Waals surface area contributed by atoms with Gasteiger partial charge in [-0.15, -0.1) is 0 Å². The number of ether oxygens (including phenoxy) is 3. The fraction of sp³-hybridized carbons (Fsp3) is 0.467. The lowest BCUT2D eigenvalue weighted by Gasteiger charge is -2.03. The summed E-state index contributed by atoms with van der Waals surface area (Å²) < 4.78 is 14.9. The summed E-state index contributed by atoms with van der Waals surface area (Å²) in [5, 5.41) is 0. The first kappa shape index (κ1) is 14.5. The number of aryl methyl sites for hydroxylation is 1. The van der Waals surface area contributed by atoms with Crippen molar-refractivity contribution in [2.75, 3.05) is 27.4 Å². The van der Waals surface area contributed by atoms with E-state index in [1.165, 1.54) is 5.56 Å². The monoisotopic (exact) mass is 277 g/mol. The second-order valence-corrected chi connectivity index (χ2v) is 4.53. The third-order valence-electron chi connectivity index (χ3n) is 3.13. The maximum Gasteiger partial charge on any atom is 0.336 e. The molecule has 20 heavy (non-hydrogen) atoms. The van der Waals surface area contributed by atoms with E-state index in [0.717, 1.165) is 24.3 Å². The van der Waals surface area contributed by atoms with Crippen LogP contribution in [0, 0.1) is 0 Å². The van der Waals surface area contributed by atoms with Gasteiger partial charge in [0.25, 0.3) is 0 Å². The molecule has 1 aromatic carbocycles. The van der Waals surface area contributed by atoms with E-state index in [2.05, 4.69) is 4.99 Å². The highest BCUT2D eigenvalue weighted by Crippen LogP contribution is 2.20. The van der Waals surface area contributed by atoms with Gasteiger partial charge in [0.15, 0.2) is 6.04 Å². The molecule has 1 aromatic rings. The Balaban J connectivity index is 1.68. The van der Waals surface area contributed by atoms with E-state index < -0.39 is 0 Å². The molecule has 0 bridgehead atoms. The molecule has 0 amide bonds. The van der Waals surface area contributed by atoms with Crippen LogP contribution in [0.4, 0.5) is 0 Å². The Hall–Kier alpha value is -1.88. The van der Waals surface area contributed by atoms with Gasteiger partial charge in [-0.2, -0.15) is 0 Å². The predicted molar refractivity (Wildman–Crippen MR) is 75.4 cm³/mol. The summed E-state index contributed by atoms with van der Waals surface area (Å²) >= 11 is 0. The van der Waals surface area contributed by atoms with Crippen LogP contribution in [0.3, 0.4) is 0 Å². The molecule has 1 atom stereocenters. The normalized spacial score (nSPS) is 16.5. The van der Waals surface area contributed by atoms with Crippen molar-refractivity contribution in [3.05, 3.63) is 29.8 Å². The fourth-order valence-electron chi connectivity index (χ4n) is 1.89. The number of carbonyl (C=O) groups is 1. The molecule has 0 saturated carbocycles. The van der Waals surface area contributed by atoms with Crippen molar-refractivity contribution in [2.45, 2.75) is 18.9 Å². The first-order chi connectivity index (χ1) is 9.74. The summed E-state index contributed by atoms with van der Waals surface area (Å²) in [6.45, 7) is 0.701. The van der Waals surface area contributed by atoms with Gasteiger partial charge in [-0.05, 0) is 30.5 Å². The van der Waals surface area contributed by atoms with Gasteiger partial charge in [-0.25, -0.2) is 4.79 Å². The number of nitrogens with zero attached hydrogens (tertiary/aromatic N) is 1. The summed E-state index contributed by atoms with van der Waals surface area (Å²) in [6.07, 6.45) is 1.65. The van der Waals surface area contributed by atoms with Gasteiger partial charge in [-0.3, -0.25) is 4.99 Å². The van der Waals surface area contributed by atoms with E-state index in [1.54, 1.807) is 14.2 Å². The van der Waals surface area contributed by atoms with Crippen molar-refractivity contribution in [2.24, 2.45) is 4.99 Å². The Labute approximate surface area is 118 Å². The zero-order chi connectivity index (χ0) is 14.4. The fourth-order valence-corrected chi connectivity index (χ4v) is 1.89. The molecule has 0 spiro atoms. The maximum absolute atomic E-state index is 11.6. The number of rotatable bonds is 8. The van der Waals surface area contributed by atoms with Gasteiger partial charge in [0, 0.05) is 7.11 Å². The summed E-state index contributed by atoms with van der Waals surface area (Å²) in [7, 11) is 3.22. The molecule has 0 saturated heterocycles. The molecule has 1 heterocycles. The SMILES string of the molecule is COCCOC(=O)C1N=C1CCc1ccc(OC)cc1. The first-order valence-electron chi connectivity index (χ1n) is 6.59. The van der Waals surface area contributed by atoms with Crippen LogP contribution in [0.2, 0.25) is 0 Å². The van der Waals surface area contributed by atoms with E-state index in [1.807, 2.05) is 24.3 Å². The summed E-state index contributed by atoms with van der Waals surface area (Å²) in [4.78, 5) is 15.7. The Morgan fingerprint density at radius 2 is 1.90 bits per heavy atom. The van der Waals surface area contributed by atoms with Crippen LogP contribution < -0.4 is 4.74 Å². The Morgan fingerprint density at radius 3 is 2.55 bits per heavy atom. The molecule has 0 fully saturated rings. The Bertz CT molecular complexity index is 481. The van der Waals surface area contributed by atoms with Crippen molar-refractivity contribution in [3.8, 4) is 5.75 Å². The summed E-state index contributed by atoms with van der Waals surface area (Å²) in [5.74, 6) is 0.573. The maximum atomic E-state index is 11.6. The van der Waals surface area contributed by atoms with Crippen LogP contribution in [0.25, 0.3) is 0 Å². The van der Waals surface area contributed by atoms with Crippen molar-refractivity contribution < 1.29 is 19.0 Å². The minimum atomic E-state index is -0.356. The number of hydrogen-bond donors (Lipinski definition) is 0.